The summed E-state index contributed by atoms with van der Waals surface area (Å²) in [5.74, 6) is 4.94. The monoisotopic (exact) mass is 392 g/mol. The molecule has 0 unspecified atom stereocenters. The van der Waals surface area contributed by atoms with E-state index in [1.54, 1.807) is 19.1 Å². The fourth-order valence-electron chi connectivity index (χ4n) is 1.85. The number of aromatic nitrogens is 1. The number of rotatable bonds is 4. The lowest BCUT2D eigenvalue weighted by atomic mass is 10.2. The summed E-state index contributed by atoms with van der Waals surface area (Å²) in [5.41, 5.74) is 1.21. The minimum atomic E-state index is -0.698. The molecule has 0 fully saturated rings. The Balaban J connectivity index is 1.89. The number of pyridine rings is 1. The van der Waals surface area contributed by atoms with E-state index in [1.165, 1.54) is 24.5 Å². The van der Waals surface area contributed by atoms with Crippen molar-refractivity contribution in [3.05, 3.63) is 57.8 Å². The molecule has 0 aliphatic rings. The summed E-state index contributed by atoms with van der Waals surface area (Å²) in [4.78, 5) is 27.3. The molecule has 0 aliphatic heterocycles. The fourth-order valence-corrected chi connectivity index (χ4v) is 2.38. The van der Waals surface area contributed by atoms with Crippen molar-refractivity contribution in [3.63, 3.8) is 0 Å². The number of esters is 1. The van der Waals surface area contributed by atoms with E-state index >= 15 is 0 Å². The number of benzene rings is 1. The van der Waals surface area contributed by atoms with Gasteiger partial charge in [0.2, 0.25) is 0 Å². The van der Waals surface area contributed by atoms with Gasteiger partial charge in [-0.3, -0.25) is 10.3 Å². The Labute approximate surface area is 160 Å². The smallest absolute Gasteiger partial charge is 0.412 e. The van der Waals surface area contributed by atoms with Crippen molar-refractivity contribution in [2.45, 2.75) is 6.92 Å². The maximum absolute atomic E-state index is 11.7. The van der Waals surface area contributed by atoms with E-state index in [0.29, 0.717) is 26.9 Å². The zero-order valence-electron chi connectivity index (χ0n) is 13.7. The first-order valence-electron chi connectivity index (χ1n) is 7.49. The first kappa shape index (κ1) is 19.6. The Morgan fingerprint density at radius 3 is 2.54 bits per heavy atom. The molecule has 1 heterocycles. The first-order valence-corrected chi connectivity index (χ1v) is 8.24. The average Bonchev–Trinajstić information content (AvgIpc) is 2.58. The lowest BCUT2D eigenvalue weighted by molar-refractivity contribution is 0.0526. The van der Waals surface area contributed by atoms with E-state index in [9.17, 15) is 9.59 Å². The maximum Gasteiger partial charge on any atom is 0.412 e. The summed E-state index contributed by atoms with van der Waals surface area (Å²) in [6.45, 7) is 1.84. The molecule has 2 aromatic rings. The van der Waals surface area contributed by atoms with Gasteiger partial charge in [-0.25, -0.2) is 9.59 Å². The Morgan fingerprint density at radius 2 is 1.85 bits per heavy atom. The summed E-state index contributed by atoms with van der Waals surface area (Å²) < 4.78 is 9.83. The number of ether oxygens (including phenoxy) is 2. The zero-order chi connectivity index (χ0) is 18.9. The van der Waals surface area contributed by atoms with Crippen LogP contribution < -0.4 is 5.32 Å². The predicted molar refractivity (Wildman–Crippen MR) is 98.5 cm³/mol. The summed E-state index contributed by atoms with van der Waals surface area (Å²) in [6, 6.07) is 6.16. The van der Waals surface area contributed by atoms with Gasteiger partial charge in [0.15, 0.2) is 6.61 Å². The number of nitrogens with one attached hydrogen (secondary N) is 1. The molecule has 8 heteroatoms. The highest BCUT2D eigenvalue weighted by Crippen LogP contribution is 2.22. The molecule has 26 heavy (non-hydrogen) atoms. The molecular formula is C18H14Cl2N2O4. The topological polar surface area (TPSA) is 77.5 Å². The zero-order valence-corrected chi connectivity index (χ0v) is 15.2. The first-order chi connectivity index (χ1) is 12.5. The van der Waals surface area contributed by atoms with Crippen LogP contribution in [0.2, 0.25) is 10.0 Å². The van der Waals surface area contributed by atoms with Crippen molar-refractivity contribution < 1.29 is 19.1 Å². The molecule has 0 bridgehead atoms. The second-order valence-corrected chi connectivity index (χ2v) is 5.72. The quantitative estimate of drug-likeness (QED) is 0.623. The average molecular weight is 393 g/mol. The van der Waals surface area contributed by atoms with Crippen molar-refractivity contribution in [3.8, 4) is 11.8 Å². The van der Waals surface area contributed by atoms with E-state index < -0.39 is 12.1 Å². The summed E-state index contributed by atoms with van der Waals surface area (Å²) in [5, 5.41) is 3.27. The van der Waals surface area contributed by atoms with Crippen LogP contribution in [0.15, 0.2) is 36.7 Å². The number of carbonyl (C=O) groups excluding carboxylic acids is 2. The molecule has 0 aliphatic carbocycles. The largest absolute Gasteiger partial charge is 0.462 e. The third-order valence-electron chi connectivity index (χ3n) is 2.87. The van der Waals surface area contributed by atoms with Crippen LogP contribution >= 0.6 is 23.2 Å². The second-order valence-electron chi connectivity index (χ2n) is 4.84. The van der Waals surface area contributed by atoms with Gasteiger partial charge in [-0.15, -0.1) is 0 Å². The molecule has 0 radical (unpaired) electrons. The molecule has 0 atom stereocenters. The number of nitrogens with zero attached hydrogens (tertiary/aromatic N) is 1. The lowest BCUT2D eigenvalue weighted by Crippen LogP contribution is -2.13. The molecule has 134 valence electrons. The highest BCUT2D eigenvalue weighted by atomic mass is 35.5. The van der Waals surface area contributed by atoms with Gasteiger partial charge in [-0.2, -0.15) is 0 Å². The number of halogens is 2. The maximum atomic E-state index is 11.7. The molecule has 0 spiro atoms. The number of amides is 1. The molecule has 6 nitrogen and oxygen atoms in total. The molecule has 1 aromatic carbocycles. The lowest BCUT2D eigenvalue weighted by Gasteiger charge is -2.05. The van der Waals surface area contributed by atoms with Gasteiger partial charge in [-0.05, 0) is 31.2 Å². The van der Waals surface area contributed by atoms with Crippen molar-refractivity contribution in [1.82, 2.24) is 4.98 Å². The Hall–Kier alpha value is -2.75. The highest BCUT2D eigenvalue weighted by Gasteiger charge is 2.07. The second kappa shape index (κ2) is 9.66. The Kier molecular flexibility index (Phi) is 7.27. The van der Waals surface area contributed by atoms with Crippen LogP contribution in [0.5, 0.6) is 0 Å². The van der Waals surface area contributed by atoms with E-state index in [0.717, 1.165) is 0 Å². The van der Waals surface area contributed by atoms with Gasteiger partial charge >= 0.3 is 12.1 Å². The van der Waals surface area contributed by atoms with Gasteiger partial charge in [0.05, 0.1) is 12.2 Å². The fraction of sp³-hybridized carbons (Fsp3) is 0.167. The van der Waals surface area contributed by atoms with Crippen LogP contribution in [0.25, 0.3) is 0 Å². The number of hydrogen-bond acceptors (Lipinski definition) is 5. The predicted octanol–water partition coefficient (Wildman–Crippen LogP) is 4.17. The third-order valence-corrected chi connectivity index (χ3v) is 3.30. The molecule has 2 rings (SSSR count). The highest BCUT2D eigenvalue weighted by molar-refractivity contribution is 6.35. The minimum absolute atomic E-state index is 0.149. The van der Waals surface area contributed by atoms with Gasteiger partial charge in [0.1, 0.15) is 0 Å². The number of hydrogen-bond donors (Lipinski definition) is 1. The molecule has 0 saturated carbocycles. The normalized spacial score (nSPS) is 9.65. The van der Waals surface area contributed by atoms with E-state index in [4.69, 9.17) is 32.7 Å². The molecule has 0 saturated heterocycles. The van der Waals surface area contributed by atoms with E-state index in [1.807, 2.05) is 0 Å². The van der Waals surface area contributed by atoms with Gasteiger partial charge < -0.3 is 9.47 Å². The third kappa shape index (κ3) is 6.28. The van der Waals surface area contributed by atoms with Crippen molar-refractivity contribution in [2.24, 2.45) is 0 Å². The van der Waals surface area contributed by atoms with Crippen LogP contribution in [0.4, 0.5) is 10.5 Å². The summed E-state index contributed by atoms with van der Waals surface area (Å²) in [6.07, 6.45) is 2.18. The van der Waals surface area contributed by atoms with Crippen molar-refractivity contribution in [1.29, 1.82) is 0 Å². The standard InChI is InChI=1S/C18H14Cl2N2O4/c1-2-25-17(23)13-6-12(10-21-11-13)4-3-5-26-18(24)22-16-8-14(19)7-15(20)9-16/h6-11H,2,5H2,1H3,(H,22,24). The molecule has 1 aromatic heterocycles. The Morgan fingerprint density at radius 1 is 1.12 bits per heavy atom. The van der Waals surface area contributed by atoms with Crippen LogP contribution in [0.3, 0.4) is 0 Å². The van der Waals surface area contributed by atoms with Gasteiger partial charge in [0, 0.05) is 33.7 Å². The SMILES string of the molecule is CCOC(=O)c1cncc(C#CCOC(=O)Nc2cc(Cl)cc(Cl)c2)c1. The summed E-state index contributed by atoms with van der Waals surface area (Å²) in [7, 11) is 0. The Bertz CT molecular complexity index is 855. The summed E-state index contributed by atoms with van der Waals surface area (Å²) >= 11 is 11.7. The van der Waals surface area contributed by atoms with Crippen molar-refractivity contribution in [2.75, 3.05) is 18.5 Å². The molecule has 1 N–H and O–H groups in total. The van der Waals surface area contributed by atoms with Gasteiger partial charge in [-0.1, -0.05) is 35.0 Å². The molecular weight excluding hydrogens is 379 g/mol. The van der Waals surface area contributed by atoms with Crippen LogP contribution in [-0.2, 0) is 9.47 Å². The van der Waals surface area contributed by atoms with Crippen LogP contribution in [-0.4, -0.2) is 30.3 Å². The number of anilines is 1. The van der Waals surface area contributed by atoms with E-state index in [-0.39, 0.29) is 13.2 Å². The minimum Gasteiger partial charge on any atom is -0.462 e. The van der Waals surface area contributed by atoms with E-state index in [2.05, 4.69) is 22.1 Å². The van der Waals surface area contributed by atoms with Crippen molar-refractivity contribution >= 4 is 41.0 Å². The molecule has 1 amide bonds. The van der Waals surface area contributed by atoms with Crippen LogP contribution in [0.1, 0.15) is 22.8 Å². The van der Waals surface area contributed by atoms with Gasteiger partial charge in [0.25, 0.3) is 0 Å². The number of carbonyl (C=O) groups is 2. The van der Waals surface area contributed by atoms with Crippen LogP contribution in [0, 0.1) is 11.8 Å².